The molecule has 0 saturated heterocycles. The highest BCUT2D eigenvalue weighted by Crippen LogP contribution is 2.37. The third kappa shape index (κ3) is 1.59. The summed E-state index contributed by atoms with van der Waals surface area (Å²) >= 11 is 0. The molecular formula is C15H13NO2. The van der Waals surface area contributed by atoms with E-state index in [0.717, 1.165) is 28.2 Å². The van der Waals surface area contributed by atoms with Crippen LogP contribution in [0.25, 0.3) is 6.08 Å². The van der Waals surface area contributed by atoms with Crippen molar-refractivity contribution in [3.05, 3.63) is 58.8 Å². The fraction of sp³-hybridized carbons (Fsp3) is 0.200. The Morgan fingerprint density at radius 1 is 1.33 bits per heavy atom. The van der Waals surface area contributed by atoms with Crippen molar-refractivity contribution in [3.63, 3.8) is 0 Å². The molecular weight excluding hydrogens is 226 g/mol. The van der Waals surface area contributed by atoms with Crippen LogP contribution in [0.3, 0.4) is 0 Å². The van der Waals surface area contributed by atoms with E-state index < -0.39 is 0 Å². The number of furan rings is 1. The summed E-state index contributed by atoms with van der Waals surface area (Å²) in [6.07, 6.45) is 5.26. The molecule has 0 aliphatic heterocycles. The van der Waals surface area contributed by atoms with Crippen LogP contribution in [-0.4, -0.2) is 10.8 Å². The van der Waals surface area contributed by atoms with Crippen LogP contribution in [0.5, 0.6) is 0 Å². The Hall–Kier alpha value is -2.16. The topological polar surface area (TPSA) is 43.1 Å². The third-order valence-corrected chi connectivity index (χ3v) is 3.35. The molecule has 0 amide bonds. The predicted octanol–water partition coefficient (Wildman–Crippen LogP) is 3.37. The first-order valence-corrected chi connectivity index (χ1v) is 5.93. The van der Waals surface area contributed by atoms with Gasteiger partial charge in [-0.05, 0) is 36.8 Å². The molecule has 90 valence electrons. The Morgan fingerprint density at radius 3 is 2.83 bits per heavy atom. The number of Topliss-reactive ketones (excluding diaryl/α,β-unsaturated/α-hetero) is 1. The number of ketones is 1. The first kappa shape index (κ1) is 11.0. The van der Waals surface area contributed by atoms with Gasteiger partial charge in [0.25, 0.3) is 0 Å². The van der Waals surface area contributed by atoms with Crippen LogP contribution in [0.1, 0.15) is 40.3 Å². The van der Waals surface area contributed by atoms with Gasteiger partial charge in [-0.2, -0.15) is 0 Å². The lowest BCUT2D eigenvalue weighted by molar-refractivity contribution is 0.103. The summed E-state index contributed by atoms with van der Waals surface area (Å²) in [4.78, 5) is 16.4. The lowest BCUT2D eigenvalue weighted by Gasteiger charge is -2.03. The number of hydrogen-bond acceptors (Lipinski definition) is 3. The third-order valence-electron chi connectivity index (χ3n) is 3.35. The Labute approximate surface area is 105 Å². The van der Waals surface area contributed by atoms with Gasteiger partial charge in [0, 0.05) is 29.4 Å². The number of rotatable bonds is 1. The standard InChI is InChI=1S/C15H13NO2/c1-9-3-4-11(18-9)7-13-10(2)14-8-16-6-5-12(14)15(13)17/h3-8,10H,1-2H3/b13-7+/t10-/m1/s1. The zero-order chi connectivity index (χ0) is 12.7. The quantitative estimate of drug-likeness (QED) is 0.716. The number of carbonyl (C=O) groups is 1. The molecule has 3 heteroatoms. The second kappa shape index (κ2) is 3.95. The molecule has 3 rings (SSSR count). The molecule has 1 aliphatic rings. The monoisotopic (exact) mass is 239 g/mol. The number of hydrogen-bond donors (Lipinski definition) is 0. The summed E-state index contributed by atoms with van der Waals surface area (Å²) in [7, 11) is 0. The molecule has 0 fully saturated rings. The van der Waals surface area contributed by atoms with Crippen LogP contribution in [-0.2, 0) is 0 Å². The Balaban J connectivity index is 2.06. The van der Waals surface area contributed by atoms with Crippen LogP contribution in [0.4, 0.5) is 0 Å². The molecule has 0 spiro atoms. The van der Waals surface area contributed by atoms with Gasteiger partial charge in [0.15, 0.2) is 5.78 Å². The normalized spacial score (nSPS) is 20.4. The van der Waals surface area contributed by atoms with E-state index in [1.54, 1.807) is 18.5 Å². The summed E-state index contributed by atoms with van der Waals surface area (Å²) in [5.41, 5.74) is 2.52. The van der Waals surface area contributed by atoms with Crippen LogP contribution < -0.4 is 0 Å². The smallest absolute Gasteiger partial charge is 0.190 e. The van der Waals surface area contributed by atoms with Gasteiger partial charge in [-0.1, -0.05) is 6.92 Å². The highest BCUT2D eigenvalue weighted by Gasteiger charge is 2.31. The number of aryl methyl sites for hydroxylation is 1. The SMILES string of the molecule is Cc1ccc(/C=C2/C(=O)c3ccncc3[C@@H]2C)o1. The molecule has 0 N–H and O–H groups in total. The fourth-order valence-corrected chi connectivity index (χ4v) is 2.35. The Morgan fingerprint density at radius 2 is 2.17 bits per heavy atom. The average molecular weight is 239 g/mol. The average Bonchev–Trinajstić information content (AvgIpc) is 2.88. The predicted molar refractivity (Wildman–Crippen MR) is 68.4 cm³/mol. The van der Waals surface area contributed by atoms with E-state index in [0.29, 0.717) is 0 Å². The fourth-order valence-electron chi connectivity index (χ4n) is 2.35. The Kier molecular flexibility index (Phi) is 2.40. The lowest BCUT2D eigenvalue weighted by atomic mass is 10.0. The van der Waals surface area contributed by atoms with Gasteiger partial charge in [0.1, 0.15) is 11.5 Å². The summed E-state index contributed by atoms with van der Waals surface area (Å²) in [5, 5.41) is 0. The molecule has 0 radical (unpaired) electrons. The minimum absolute atomic E-state index is 0.0756. The minimum atomic E-state index is 0.0756. The van der Waals surface area contributed by atoms with Crippen molar-refractivity contribution in [3.8, 4) is 0 Å². The zero-order valence-corrected chi connectivity index (χ0v) is 10.3. The van der Waals surface area contributed by atoms with Gasteiger partial charge in [-0.3, -0.25) is 9.78 Å². The number of nitrogens with zero attached hydrogens (tertiary/aromatic N) is 1. The van der Waals surface area contributed by atoms with Crippen molar-refractivity contribution in [2.24, 2.45) is 0 Å². The second-order valence-electron chi connectivity index (χ2n) is 4.56. The maximum Gasteiger partial charge on any atom is 0.190 e. The number of aromatic nitrogens is 1. The summed E-state index contributed by atoms with van der Waals surface area (Å²) in [6, 6.07) is 5.55. The van der Waals surface area contributed by atoms with E-state index in [4.69, 9.17) is 4.42 Å². The largest absolute Gasteiger partial charge is 0.462 e. The maximum atomic E-state index is 12.3. The summed E-state index contributed by atoms with van der Waals surface area (Å²) in [6.45, 7) is 3.91. The number of carbonyl (C=O) groups excluding carboxylic acids is 1. The first-order chi connectivity index (χ1) is 8.66. The van der Waals surface area contributed by atoms with Crippen LogP contribution in [0, 0.1) is 6.92 Å². The van der Waals surface area contributed by atoms with Gasteiger partial charge < -0.3 is 4.42 Å². The highest BCUT2D eigenvalue weighted by atomic mass is 16.3. The molecule has 1 aliphatic carbocycles. The molecule has 2 heterocycles. The highest BCUT2D eigenvalue weighted by molar-refractivity contribution is 6.16. The van der Waals surface area contributed by atoms with Gasteiger partial charge in [-0.15, -0.1) is 0 Å². The van der Waals surface area contributed by atoms with Crippen molar-refractivity contribution >= 4 is 11.9 Å². The van der Waals surface area contributed by atoms with E-state index in [9.17, 15) is 4.79 Å². The summed E-state index contributed by atoms with van der Waals surface area (Å²) in [5.74, 6) is 1.73. The van der Waals surface area contributed by atoms with Gasteiger partial charge >= 0.3 is 0 Å². The van der Waals surface area contributed by atoms with E-state index in [2.05, 4.69) is 4.98 Å². The van der Waals surface area contributed by atoms with Gasteiger partial charge in [0.2, 0.25) is 0 Å². The van der Waals surface area contributed by atoms with Crippen molar-refractivity contribution < 1.29 is 9.21 Å². The van der Waals surface area contributed by atoms with Crippen molar-refractivity contribution in [2.75, 3.05) is 0 Å². The molecule has 0 aromatic carbocycles. The molecule has 1 atom stereocenters. The van der Waals surface area contributed by atoms with Crippen molar-refractivity contribution in [2.45, 2.75) is 19.8 Å². The molecule has 0 saturated carbocycles. The lowest BCUT2D eigenvalue weighted by Crippen LogP contribution is -1.96. The van der Waals surface area contributed by atoms with E-state index in [1.807, 2.05) is 32.1 Å². The van der Waals surface area contributed by atoms with Crippen molar-refractivity contribution in [1.82, 2.24) is 4.98 Å². The Bertz CT molecular complexity index is 652. The number of allylic oxidation sites excluding steroid dienone is 1. The van der Waals surface area contributed by atoms with Crippen molar-refractivity contribution in [1.29, 1.82) is 0 Å². The molecule has 2 aromatic rings. The summed E-state index contributed by atoms with van der Waals surface area (Å²) < 4.78 is 5.50. The molecule has 0 unspecified atom stereocenters. The number of pyridine rings is 1. The maximum absolute atomic E-state index is 12.3. The first-order valence-electron chi connectivity index (χ1n) is 5.93. The zero-order valence-electron chi connectivity index (χ0n) is 10.3. The minimum Gasteiger partial charge on any atom is -0.462 e. The second-order valence-corrected chi connectivity index (χ2v) is 4.56. The molecule has 2 aromatic heterocycles. The molecule has 3 nitrogen and oxygen atoms in total. The van der Waals surface area contributed by atoms with Crippen LogP contribution in [0.2, 0.25) is 0 Å². The number of fused-ring (bicyclic) bond motifs is 1. The van der Waals surface area contributed by atoms with Crippen LogP contribution >= 0.6 is 0 Å². The van der Waals surface area contributed by atoms with Gasteiger partial charge in [0.05, 0.1) is 0 Å². The van der Waals surface area contributed by atoms with E-state index >= 15 is 0 Å². The van der Waals surface area contributed by atoms with E-state index in [-0.39, 0.29) is 11.7 Å². The molecule has 0 bridgehead atoms. The van der Waals surface area contributed by atoms with Gasteiger partial charge in [-0.25, -0.2) is 0 Å². The van der Waals surface area contributed by atoms with E-state index in [1.165, 1.54) is 0 Å². The van der Waals surface area contributed by atoms with Crippen LogP contribution in [0.15, 0.2) is 40.6 Å². The molecule has 18 heavy (non-hydrogen) atoms.